The van der Waals surface area contributed by atoms with Crippen LogP contribution >= 0.6 is 0 Å². The maximum Gasteiger partial charge on any atom is 0.332 e. The van der Waals surface area contributed by atoms with E-state index in [0.29, 0.717) is 13.0 Å². The van der Waals surface area contributed by atoms with Crippen LogP contribution in [0, 0.1) is 0 Å². The Labute approximate surface area is 135 Å². The first kappa shape index (κ1) is 15.3. The molecule has 2 aromatic rings. The van der Waals surface area contributed by atoms with Gasteiger partial charge in [-0.05, 0) is 11.1 Å². The molecule has 1 heterocycles. The largest absolute Gasteiger partial charge is 0.467 e. The number of esters is 1. The molecule has 1 atom stereocenters. The van der Waals surface area contributed by atoms with Crippen molar-refractivity contribution in [2.75, 3.05) is 7.11 Å². The number of likely N-dealkylation sites (tertiary alicyclic amines) is 1. The van der Waals surface area contributed by atoms with Crippen LogP contribution in [-0.2, 0) is 27.3 Å². The number of carbonyl (C=O) groups is 2. The van der Waals surface area contributed by atoms with Gasteiger partial charge in [0, 0.05) is 13.0 Å². The minimum Gasteiger partial charge on any atom is -0.467 e. The van der Waals surface area contributed by atoms with E-state index in [1.807, 2.05) is 60.7 Å². The number of carbonyl (C=O) groups excluding carboxylic acids is 2. The van der Waals surface area contributed by atoms with Crippen LogP contribution in [0.4, 0.5) is 0 Å². The molecule has 0 radical (unpaired) electrons. The summed E-state index contributed by atoms with van der Waals surface area (Å²) in [5.74, 6) is -0.368. The first-order chi connectivity index (χ1) is 11.2. The molecule has 4 heteroatoms. The fraction of sp³-hybridized carbons (Fsp3) is 0.263. The van der Waals surface area contributed by atoms with E-state index in [1.165, 1.54) is 7.11 Å². The smallest absolute Gasteiger partial charge is 0.332 e. The summed E-state index contributed by atoms with van der Waals surface area (Å²) in [6.07, 6.45) is 0.667. The maximum atomic E-state index is 12.5. The molecule has 0 aliphatic carbocycles. The number of methoxy groups -OCH3 is 1. The van der Waals surface area contributed by atoms with Crippen molar-refractivity contribution in [3.05, 3.63) is 71.8 Å². The molecule has 1 fully saturated rings. The number of β-lactam (4-membered cyclic amide) rings is 1. The summed E-state index contributed by atoms with van der Waals surface area (Å²) in [5, 5.41) is 0. The van der Waals surface area contributed by atoms with Gasteiger partial charge in [-0.2, -0.15) is 0 Å². The molecule has 0 bridgehead atoms. The van der Waals surface area contributed by atoms with Gasteiger partial charge in [-0.25, -0.2) is 4.79 Å². The zero-order valence-corrected chi connectivity index (χ0v) is 13.1. The van der Waals surface area contributed by atoms with E-state index >= 15 is 0 Å². The number of rotatable bonds is 5. The van der Waals surface area contributed by atoms with Crippen molar-refractivity contribution in [2.45, 2.75) is 24.9 Å². The van der Waals surface area contributed by atoms with Gasteiger partial charge in [0.1, 0.15) is 0 Å². The number of hydrogen-bond acceptors (Lipinski definition) is 3. The minimum atomic E-state index is -0.900. The van der Waals surface area contributed by atoms with Crippen LogP contribution in [0.5, 0.6) is 0 Å². The van der Waals surface area contributed by atoms with Crippen molar-refractivity contribution in [1.82, 2.24) is 4.90 Å². The molecule has 1 amide bonds. The summed E-state index contributed by atoms with van der Waals surface area (Å²) in [6, 6.07) is 19.4. The molecule has 1 aliphatic rings. The lowest BCUT2D eigenvalue weighted by Crippen LogP contribution is -2.68. The van der Waals surface area contributed by atoms with Crippen molar-refractivity contribution < 1.29 is 14.3 Å². The summed E-state index contributed by atoms with van der Waals surface area (Å²) >= 11 is 0. The summed E-state index contributed by atoms with van der Waals surface area (Å²) in [7, 11) is 1.37. The molecule has 23 heavy (non-hydrogen) atoms. The second kappa shape index (κ2) is 6.24. The molecular formula is C19H19NO3. The van der Waals surface area contributed by atoms with E-state index in [4.69, 9.17) is 4.74 Å². The first-order valence-electron chi connectivity index (χ1n) is 7.62. The Kier molecular flexibility index (Phi) is 4.15. The maximum absolute atomic E-state index is 12.5. The molecule has 2 aromatic carbocycles. The van der Waals surface area contributed by atoms with E-state index in [-0.39, 0.29) is 18.3 Å². The molecule has 0 saturated carbocycles. The van der Waals surface area contributed by atoms with Gasteiger partial charge in [-0.1, -0.05) is 60.7 Å². The number of amides is 1. The third kappa shape index (κ3) is 2.84. The third-order valence-electron chi connectivity index (χ3n) is 4.35. The SMILES string of the molecule is COC(=O)C1(Cc2ccccc2)CC(=O)N1Cc1ccccc1. The van der Waals surface area contributed by atoms with Crippen molar-refractivity contribution in [3.63, 3.8) is 0 Å². The summed E-state index contributed by atoms with van der Waals surface area (Å²) < 4.78 is 5.01. The van der Waals surface area contributed by atoms with Gasteiger partial charge in [0.2, 0.25) is 5.91 Å². The Bertz CT molecular complexity index is 699. The molecular weight excluding hydrogens is 290 g/mol. The molecule has 1 saturated heterocycles. The number of nitrogens with zero attached hydrogens (tertiary/aromatic N) is 1. The highest BCUT2D eigenvalue weighted by Crippen LogP contribution is 2.38. The Morgan fingerprint density at radius 1 is 1.04 bits per heavy atom. The van der Waals surface area contributed by atoms with Crippen LogP contribution in [0.3, 0.4) is 0 Å². The van der Waals surface area contributed by atoms with Gasteiger partial charge in [0.15, 0.2) is 5.54 Å². The lowest BCUT2D eigenvalue weighted by molar-refractivity contribution is -0.179. The summed E-state index contributed by atoms with van der Waals surface area (Å²) in [6.45, 7) is 0.418. The second-order valence-corrected chi connectivity index (χ2v) is 5.83. The molecule has 0 N–H and O–H groups in total. The predicted octanol–water partition coefficient (Wildman–Crippen LogP) is 2.57. The van der Waals surface area contributed by atoms with Crippen molar-refractivity contribution in [1.29, 1.82) is 0 Å². The van der Waals surface area contributed by atoms with Crippen LogP contribution < -0.4 is 0 Å². The van der Waals surface area contributed by atoms with E-state index in [2.05, 4.69) is 0 Å². The van der Waals surface area contributed by atoms with Crippen LogP contribution in [0.2, 0.25) is 0 Å². The Morgan fingerprint density at radius 2 is 1.61 bits per heavy atom. The molecule has 1 unspecified atom stereocenters. The van der Waals surface area contributed by atoms with Crippen molar-refractivity contribution in [3.8, 4) is 0 Å². The topological polar surface area (TPSA) is 46.6 Å². The van der Waals surface area contributed by atoms with E-state index < -0.39 is 5.54 Å². The number of benzene rings is 2. The van der Waals surface area contributed by atoms with Crippen LogP contribution in [0.25, 0.3) is 0 Å². The summed E-state index contributed by atoms with van der Waals surface area (Å²) in [5.41, 5.74) is 1.12. The predicted molar refractivity (Wildman–Crippen MR) is 86.5 cm³/mol. The van der Waals surface area contributed by atoms with Crippen LogP contribution in [0.1, 0.15) is 17.5 Å². The average molecular weight is 309 g/mol. The van der Waals surface area contributed by atoms with Gasteiger partial charge < -0.3 is 9.64 Å². The van der Waals surface area contributed by atoms with Gasteiger partial charge in [0.05, 0.1) is 13.5 Å². The van der Waals surface area contributed by atoms with E-state index in [0.717, 1.165) is 11.1 Å². The summed E-state index contributed by atoms with van der Waals surface area (Å²) in [4.78, 5) is 26.3. The highest BCUT2D eigenvalue weighted by atomic mass is 16.5. The Balaban J connectivity index is 1.89. The lowest BCUT2D eigenvalue weighted by Gasteiger charge is -2.49. The van der Waals surface area contributed by atoms with Crippen molar-refractivity contribution in [2.24, 2.45) is 0 Å². The fourth-order valence-electron chi connectivity index (χ4n) is 3.13. The van der Waals surface area contributed by atoms with Crippen molar-refractivity contribution >= 4 is 11.9 Å². The highest BCUT2D eigenvalue weighted by molar-refractivity contribution is 5.99. The first-order valence-corrected chi connectivity index (χ1v) is 7.62. The van der Waals surface area contributed by atoms with Gasteiger partial charge in [-0.3, -0.25) is 4.79 Å². The quantitative estimate of drug-likeness (QED) is 0.630. The zero-order valence-electron chi connectivity index (χ0n) is 13.1. The van der Waals surface area contributed by atoms with E-state index in [1.54, 1.807) is 4.90 Å². The minimum absolute atomic E-state index is 0.0183. The Morgan fingerprint density at radius 3 is 2.13 bits per heavy atom. The molecule has 0 spiro atoms. The Hall–Kier alpha value is -2.62. The molecule has 0 aromatic heterocycles. The van der Waals surface area contributed by atoms with E-state index in [9.17, 15) is 9.59 Å². The standard InChI is InChI=1S/C19H19NO3/c1-23-18(22)19(12-15-8-4-2-5-9-15)13-17(21)20(19)14-16-10-6-3-7-11-16/h2-11H,12-14H2,1H3. The second-order valence-electron chi connectivity index (χ2n) is 5.83. The lowest BCUT2D eigenvalue weighted by atomic mass is 9.78. The zero-order chi connectivity index (χ0) is 16.3. The average Bonchev–Trinajstić information content (AvgIpc) is 2.60. The number of hydrogen-bond donors (Lipinski definition) is 0. The third-order valence-corrected chi connectivity index (χ3v) is 4.35. The van der Waals surface area contributed by atoms with Crippen LogP contribution in [-0.4, -0.2) is 29.4 Å². The molecule has 1 aliphatic heterocycles. The monoisotopic (exact) mass is 309 g/mol. The molecule has 118 valence electrons. The molecule has 4 nitrogen and oxygen atoms in total. The normalized spacial score (nSPS) is 20.0. The fourth-order valence-corrected chi connectivity index (χ4v) is 3.13. The highest BCUT2D eigenvalue weighted by Gasteiger charge is 2.57. The number of ether oxygens (including phenoxy) is 1. The van der Waals surface area contributed by atoms with Gasteiger partial charge in [-0.15, -0.1) is 0 Å². The van der Waals surface area contributed by atoms with Crippen LogP contribution in [0.15, 0.2) is 60.7 Å². The molecule has 3 rings (SSSR count). The van der Waals surface area contributed by atoms with Gasteiger partial charge in [0.25, 0.3) is 0 Å². The van der Waals surface area contributed by atoms with Gasteiger partial charge >= 0.3 is 5.97 Å².